The van der Waals surface area contributed by atoms with E-state index in [-0.39, 0.29) is 45.4 Å². The molecule has 0 saturated carbocycles. The molecule has 3 nitrogen and oxygen atoms in total. The van der Waals surface area contributed by atoms with Crippen LogP contribution in [0.25, 0.3) is 0 Å². The normalized spacial score (nSPS) is 0.833. The first-order valence-corrected chi connectivity index (χ1v) is 0.561. The van der Waals surface area contributed by atoms with Gasteiger partial charge in [-0.1, -0.05) is 0 Å². The molecule has 0 aromatic heterocycles. The summed E-state index contributed by atoms with van der Waals surface area (Å²) in [4.78, 5) is 0. The van der Waals surface area contributed by atoms with Crippen molar-refractivity contribution < 1.29 is 64.9 Å². The first-order chi connectivity index (χ1) is 1.00. The molecule has 6 heteroatoms. The van der Waals surface area contributed by atoms with Gasteiger partial charge < -0.3 is 11.0 Å². The maximum atomic E-state index is 7.94. The van der Waals surface area contributed by atoms with Gasteiger partial charge in [-0.15, -0.1) is 0 Å². The standard InChI is InChI=1S/Co.Cr.Fe.3O/q;+3;+2;;2*-2. The summed E-state index contributed by atoms with van der Waals surface area (Å²) in [7, 11) is 0. The Hall–Kier alpha value is 1.28. The van der Waals surface area contributed by atoms with Crippen molar-refractivity contribution in [3.05, 3.63) is 0 Å². The SMILES string of the molecule is [Cr+3].[Fe+2].[O-2].[O-2].[O]=[Co]. The van der Waals surface area contributed by atoms with Gasteiger partial charge >= 0.3 is 54.0 Å². The van der Waals surface area contributed by atoms with Crippen LogP contribution < -0.4 is 0 Å². The summed E-state index contributed by atoms with van der Waals surface area (Å²) in [5, 5.41) is 0. The summed E-state index contributed by atoms with van der Waals surface area (Å²) in [6.45, 7) is 0. The average molecular weight is 215 g/mol. The van der Waals surface area contributed by atoms with Gasteiger partial charge in [0.15, 0.2) is 0 Å². The predicted molar refractivity (Wildman–Crippen MR) is 2.06 cm³/mol. The van der Waals surface area contributed by atoms with Gasteiger partial charge in [0, 0.05) is 0 Å². The number of rotatable bonds is 0. The zero-order chi connectivity index (χ0) is 2.00. The Balaban J connectivity index is -0.000000000833. The Bertz CT molecular complexity index is 10.8. The molecule has 6 heavy (non-hydrogen) atoms. The molecule has 0 aliphatic heterocycles. The molecule has 1 radical (unpaired) electrons. The molecule has 0 atom stereocenters. The summed E-state index contributed by atoms with van der Waals surface area (Å²) < 4.78 is 7.94. The van der Waals surface area contributed by atoms with E-state index in [9.17, 15) is 0 Å². The van der Waals surface area contributed by atoms with E-state index in [1.165, 1.54) is 0 Å². The summed E-state index contributed by atoms with van der Waals surface area (Å²) >= 11 is 2.31. The van der Waals surface area contributed by atoms with E-state index in [0.717, 1.165) is 0 Å². The summed E-state index contributed by atoms with van der Waals surface area (Å²) in [5.41, 5.74) is 0. The molecule has 0 heterocycles. The zero-order valence-corrected chi connectivity index (χ0v) is 5.74. The van der Waals surface area contributed by atoms with E-state index in [1.54, 1.807) is 0 Å². The van der Waals surface area contributed by atoms with Crippen LogP contribution >= 0.6 is 0 Å². The molecule has 40 valence electrons. The quantitative estimate of drug-likeness (QED) is 0.508. The van der Waals surface area contributed by atoms with Gasteiger partial charge in [0.05, 0.1) is 0 Å². The van der Waals surface area contributed by atoms with Gasteiger partial charge in [0.1, 0.15) is 0 Å². The fraction of sp³-hybridized carbons (Fsp3) is 0. The van der Waals surface area contributed by atoms with Crippen molar-refractivity contribution >= 4 is 0 Å². The van der Waals surface area contributed by atoms with E-state index in [4.69, 9.17) is 3.87 Å². The van der Waals surface area contributed by atoms with E-state index in [2.05, 4.69) is 15.7 Å². The monoisotopic (exact) mass is 215 g/mol. The Morgan fingerprint density at radius 1 is 1.00 bits per heavy atom. The minimum atomic E-state index is 0. The minimum absolute atomic E-state index is 0. The Morgan fingerprint density at radius 2 is 1.00 bits per heavy atom. The van der Waals surface area contributed by atoms with Crippen molar-refractivity contribution in [3.63, 3.8) is 0 Å². The fourth-order valence-electron chi connectivity index (χ4n) is 0. The van der Waals surface area contributed by atoms with Crippen LogP contribution in [0, 0.1) is 0 Å². The third kappa shape index (κ3) is 59.1. The van der Waals surface area contributed by atoms with Crippen molar-refractivity contribution in [1.29, 1.82) is 0 Å². The maximum absolute atomic E-state index is 7.94. The fourth-order valence-corrected chi connectivity index (χ4v) is 0. The van der Waals surface area contributed by atoms with E-state index in [1.807, 2.05) is 0 Å². The van der Waals surface area contributed by atoms with Crippen molar-refractivity contribution in [1.82, 2.24) is 0 Å². The molecule has 0 rings (SSSR count). The van der Waals surface area contributed by atoms with Crippen LogP contribution in [0.5, 0.6) is 0 Å². The van der Waals surface area contributed by atoms with Gasteiger partial charge in [0.25, 0.3) is 0 Å². The van der Waals surface area contributed by atoms with Crippen LogP contribution in [0.15, 0.2) is 0 Å². The topological polar surface area (TPSA) is 74.1 Å². The zero-order valence-electron chi connectivity index (χ0n) is 2.32. The molecule has 0 amide bonds. The van der Waals surface area contributed by atoms with Gasteiger partial charge in [-0.25, -0.2) is 0 Å². The molecule has 0 N–H and O–H groups in total. The first-order valence-electron chi connectivity index (χ1n) is 0.136. The van der Waals surface area contributed by atoms with Gasteiger partial charge in [-0.3, -0.25) is 0 Å². The number of hydrogen-bond donors (Lipinski definition) is 0. The first kappa shape index (κ1) is 55.3. The molecule has 0 aromatic carbocycles. The molecule has 0 bridgehead atoms. The molecule has 0 spiro atoms. The van der Waals surface area contributed by atoms with E-state index < -0.39 is 0 Å². The molecule has 0 aliphatic rings. The van der Waals surface area contributed by atoms with E-state index >= 15 is 0 Å². The third-order valence-electron chi connectivity index (χ3n) is 0. The second kappa shape index (κ2) is 107. The molecule has 0 saturated heterocycles. The summed E-state index contributed by atoms with van der Waals surface area (Å²) in [5.74, 6) is 0. The van der Waals surface area contributed by atoms with Crippen LogP contribution in [0.3, 0.4) is 0 Å². The number of hydrogen-bond acceptors (Lipinski definition) is 1. The van der Waals surface area contributed by atoms with Gasteiger partial charge in [0.2, 0.25) is 0 Å². The van der Waals surface area contributed by atoms with Crippen LogP contribution in [-0.2, 0) is 64.9 Å². The van der Waals surface area contributed by atoms with Crippen molar-refractivity contribution in [2.45, 2.75) is 0 Å². The molecular formula is CoCrFeO3+. The molecule has 0 fully saturated rings. The Morgan fingerprint density at radius 3 is 1.00 bits per heavy atom. The Labute approximate surface area is 64.9 Å². The Kier molecular flexibility index (Phi) is 986. The van der Waals surface area contributed by atoms with Crippen molar-refractivity contribution in [2.75, 3.05) is 0 Å². The van der Waals surface area contributed by atoms with Crippen LogP contribution in [0.2, 0.25) is 0 Å². The average Bonchev–Trinajstić information content (AvgIpc) is 1.00. The van der Waals surface area contributed by atoms with Crippen molar-refractivity contribution in [3.8, 4) is 0 Å². The van der Waals surface area contributed by atoms with Crippen LogP contribution in [0.4, 0.5) is 0 Å². The molecule has 0 aliphatic carbocycles. The summed E-state index contributed by atoms with van der Waals surface area (Å²) in [6.07, 6.45) is 0. The predicted octanol–water partition coefficient (Wildman–Crippen LogP) is -0.364. The van der Waals surface area contributed by atoms with E-state index in [0.29, 0.717) is 0 Å². The second-order valence-electron chi connectivity index (χ2n) is 0. The second-order valence-corrected chi connectivity index (χ2v) is 0. The van der Waals surface area contributed by atoms with Gasteiger partial charge in [-0.2, -0.15) is 0 Å². The summed E-state index contributed by atoms with van der Waals surface area (Å²) in [6, 6.07) is 0. The molecular weight excluding hydrogens is 215 g/mol. The molecule has 0 aromatic rings. The van der Waals surface area contributed by atoms with Gasteiger partial charge in [-0.05, 0) is 0 Å². The molecule has 0 unspecified atom stereocenters. The van der Waals surface area contributed by atoms with Crippen molar-refractivity contribution in [2.24, 2.45) is 0 Å². The van der Waals surface area contributed by atoms with Crippen LogP contribution in [0.1, 0.15) is 0 Å². The third-order valence-corrected chi connectivity index (χ3v) is 0. The van der Waals surface area contributed by atoms with Crippen LogP contribution in [-0.4, -0.2) is 0 Å².